The van der Waals surface area contributed by atoms with Crippen LogP contribution >= 0.6 is 0 Å². The average Bonchev–Trinajstić information content (AvgIpc) is 2.25. The predicted molar refractivity (Wildman–Crippen MR) is 63.7 cm³/mol. The molecule has 0 heterocycles. The van der Waals surface area contributed by atoms with Gasteiger partial charge in [-0.05, 0) is 24.6 Å². The number of nitrogens with two attached hydrogens (primary N) is 1. The van der Waals surface area contributed by atoms with Gasteiger partial charge in [0.1, 0.15) is 0 Å². The fraction of sp³-hybridized carbons (Fsp3) is 0.417. The van der Waals surface area contributed by atoms with Crippen LogP contribution in [-0.4, -0.2) is 13.6 Å². The molecule has 80 valence electrons. The Morgan fingerprint density at radius 3 is 2.73 bits per heavy atom. The van der Waals surface area contributed by atoms with Crippen LogP contribution in [-0.2, 0) is 0 Å². The molecule has 3 nitrogen and oxygen atoms in total. The SMILES string of the molecule is CCCCN(C)c1ccc(C#N)cc1N. The number of benzene rings is 1. The molecule has 0 aromatic heterocycles. The lowest BCUT2D eigenvalue weighted by molar-refractivity contribution is 0.767. The van der Waals surface area contributed by atoms with E-state index in [1.165, 1.54) is 6.42 Å². The fourth-order valence-corrected chi connectivity index (χ4v) is 1.49. The summed E-state index contributed by atoms with van der Waals surface area (Å²) in [5.41, 5.74) is 8.16. The van der Waals surface area contributed by atoms with Gasteiger partial charge in [0.25, 0.3) is 0 Å². The quantitative estimate of drug-likeness (QED) is 0.764. The highest BCUT2D eigenvalue weighted by atomic mass is 15.1. The van der Waals surface area contributed by atoms with E-state index in [0.717, 1.165) is 18.7 Å². The molecule has 0 aliphatic heterocycles. The summed E-state index contributed by atoms with van der Waals surface area (Å²) < 4.78 is 0. The van der Waals surface area contributed by atoms with E-state index in [1.807, 2.05) is 13.1 Å². The Hall–Kier alpha value is -1.69. The highest BCUT2D eigenvalue weighted by Crippen LogP contribution is 2.23. The van der Waals surface area contributed by atoms with Crippen molar-refractivity contribution in [3.8, 4) is 6.07 Å². The standard InChI is InChI=1S/C12H17N3/c1-3-4-7-15(2)12-6-5-10(9-13)8-11(12)14/h5-6,8H,3-4,7,14H2,1-2H3. The van der Waals surface area contributed by atoms with E-state index in [9.17, 15) is 0 Å². The smallest absolute Gasteiger partial charge is 0.0992 e. The summed E-state index contributed by atoms with van der Waals surface area (Å²) in [4.78, 5) is 2.12. The van der Waals surface area contributed by atoms with Gasteiger partial charge in [-0.2, -0.15) is 5.26 Å². The molecule has 1 aromatic carbocycles. The monoisotopic (exact) mass is 203 g/mol. The van der Waals surface area contributed by atoms with Crippen LogP contribution in [0.3, 0.4) is 0 Å². The number of nitrogens with zero attached hydrogens (tertiary/aromatic N) is 2. The summed E-state index contributed by atoms with van der Waals surface area (Å²) in [5.74, 6) is 0. The van der Waals surface area contributed by atoms with Gasteiger partial charge in [0, 0.05) is 13.6 Å². The molecular weight excluding hydrogens is 186 g/mol. The van der Waals surface area contributed by atoms with Gasteiger partial charge in [-0.25, -0.2) is 0 Å². The summed E-state index contributed by atoms with van der Waals surface area (Å²) in [6.45, 7) is 3.16. The molecule has 1 rings (SSSR count). The lowest BCUT2D eigenvalue weighted by atomic mass is 10.1. The van der Waals surface area contributed by atoms with E-state index in [1.54, 1.807) is 12.1 Å². The maximum Gasteiger partial charge on any atom is 0.0992 e. The molecule has 0 saturated carbocycles. The van der Waals surface area contributed by atoms with Crippen molar-refractivity contribution in [1.82, 2.24) is 0 Å². The summed E-state index contributed by atoms with van der Waals surface area (Å²) in [6, 6.07) is 7.50. The Balaban J connectivity index is 2.82. The van der Waals surface area contributed by atoms with Crippen LogP contribution in [0.15, 0.2) is 18.2 Å². The van der Waals surface area contributed by atoms with Crippen LogP contribution in [0.5, 0.6) is 0 Å². The fourth-order valence-electron chi connectivity index (χ4n) is 1.49. The van der Waals surface area contributed by atoms with E-state index in [-0.39, 0.29) is 0 Å². The summed E-state index contributed by atoms with van der Waals surface area (Å²) in [6.07, 6.45) is 2.32. The highest BCUT2D eigenvalue weighted by Gasteiger charge is 2.05. The average molecular weight is 203 g/mol. The minimum Gasteiger partial charge on any atom is -0.397 e. The minimum absolute atomic E-state index is 0.611. The summed E-state index contributed by atoms with van der Waals surface area (Å²) >= 11 is 0. The second kappa shape index (κ2) is 5.26. The van der Waals surface area contributed by atoms with E-state index < -0.39 is 0 Å². The van der Waals surface area contributed by atoms with Gasteiger partial charge >= 0.3 is 0 Å². The number of unbranched alkanes of at least 4 members (excludes halogenated alkanes) is 1. The Labute approximate surface area is 91.1 Å². The number of hydrogen-bond donors (Lipinski definition) is 1. The molecule has 0 aliphatic rings. The molecule has 1 aromatic rings. The molecule has 0 bridgehead atoms. The van der Waals surface area contributed by atoms with Crippen LogP contribution in [0.2, 0.25) is 0 Å². The van der Waals surface area contributed by atoms with Gasteiger partial charge in [0.2, 0.25) is 0 Å². The van der Waals surface area contributed by atoms with Crippen molar-refractivity contribution in [2.24, 2.45) is 0 Å². The maximum absolute atomic E-state index is 8.71. The van der Waals surface area contributed by atoms with Crippen LogP contribution in [0, 0.1) is 11.3 Å². The molecule has 0 amide bonds. The number of nitrogen functional groups attached to an aromatic ring is 1. The molecule has 0 fully saturated rings. The van der Waals surface area contributed by atoms with Gasteiger partial charge in [-0.3, -0.25) is 0 Å². The first kappa shape index (κ1) is 11.4. The number of anilines is 2. The van der Waals surface area contributed by atoms with Crippen LogP contribution in [0.25, 0.3) is 0 Å². The Morgan fingerprint density at radius 1 is 1.47 bits per heavy atom. The molecule has 2 N–H and O–H groups in total. The Bertz CT molecular complexity index is 366. The molecule has 15 heavy (non-hydrogen) atoms. The Kier molecular flexibility index (Phi) is 3.99. The predicted octanol–water partition coefficient (Wildman–Crippen LogP) is 2.38. The van der Waals surface area contributed by atoms with Crippen molar-refractivity contribution < 1.29 is 0 Å². The third-order valence-electron chi connectivity index (χ3n) is 2.41. The van der Waals surface area contributed by atoms with Crippen molar-refractivity contribution in [3.63, 3.8) is 0 Å². The lowest BCUT2D eigenvalue weighted by Gasteiger charge is -2.20. The van der Waals surface area contributed by atoms with E-state index in [4.69, 9.17) is 11.0 Å². The van der Waals surface area contributed by atoms with Crippen LogP contribution in [0.1, 0.15) is 25.3 Å². The van der Waals surface area contributed by atoms with Gasteiger partial charge in [-0.15, -0.1) is 0 Å². The van der Waals surface area contributed by atoms with E-state index >= 15 is 0 Å². The van der Waals surface area contributed by atoms with Crippen molar-refractivity contribution in [2.45, 2.75) is 19.8 Å². The first-order valence-electron chi connectivity index (χ1n) is 5.19. The van der Waals surface area contributed by atoms with Crippen molar-refractivity contribution in [1.29, 1.82) is 5.26 Å². The van der Waals surface area contributed by atoms with E-state index in [0.29, 0.717) is 11.3 Å². The zero-order valence-corrected chi connectivity index (χ0v) is 9.33. The molecule has 0 atom stereocenters. The molecule has 0 radical (unpaired) electrons. The van der Waals surface area contributed by atoms with Gasteiger partial charge in [0.15, 0.2) is 0 Å². The number of rotatable bonds is 4. The topological polar surface area (TPSA) is 53.0 Å². The maximum atomic E-state index is 8.71. The van der Waals surface area contributed by atoms with Crippen molar-refractivity contribution in [3.05, 3.63) is 23.8 Å². The third-order valence-corrected chi connectivity index (χ3v) is 2.41. The first-order valence-corrected chi connectivity index (χ1v) is 5.19. The lowest BCUT2D eigenvalue weighted by Crippen LogP contribution is -2.19. The highest BCUT2D eigenvalue weighted by molar-refractivity contribution is 5.69. The third kappa shape index (κ3) is 2.88. The molecular formula is C12H17N3. The molecule has 0 spiro atoms. The summed E-state index contributed by atoms with van der Waals surface area (Å²) in [7, 11) is 2.02. The van der Waals surface area contributed by atoms with E-state index in [2.05, 4.69) is 17.9 Å². The molecule has 0 aliphatic carbocycles. The summed E-state index contributed by atoms with van der Waals surface area (Å²) in [5, 5.41) is 8.71. The minimum atomic E-state index is 0.611. The molecule has 0 unspecified atom stereocenters. The molecule has 3 heteroatoms. The first-order chi connectivity index (χ1) is 7.19. The molecule has 0 saturated heterocycles. The second-order valence-electron chi connectivity index (χ2n) is 3.66. The van der Waals surface area contributed by atoms with Crippen molar-refractivity contribution >= 4 is 11.4 Å². The number of nitriles is 1. The van der Waals surface area contributed by atoms with Crippen molar-refractivity contribution in [2.75, 3.05) is 24.2 Å². The van der Waals surface area contributed by atoms with Crippen LogP contribution in [0.4, 0.5) is 11.4 Å². The van der Waals surface area contributed by atoms with Gasteiger partial charge in [0.05, 0.1) is 23.0 Å². The number of hydrogen-bond acceptors (Lipinski definition) is 3. The van der Waals surface area contributed by atoms with Gasteiger partial charge in [-0.1, -0.05) is 13.3 Å². The van der Waals surface area contributed by atoms with Crippen LogP contribution < -0.4 is 10.6 Å². The zero-order valence-electron chi connectivity index (χ0n) is 9.33. The second-order valence-corrected chi connectivity index (χ2v) is 3.66. The Morgan fingerprint density at radius 2 is 2.20 bits per heavy atom. The normalized spacial score (nSPS) is 9.67. The largest absolute Gasteiger partial charge is 0.397 e. The van der Waals surface area contributed by atoms with Gasteiger partial charge < -0.3 is 10.6 Å². The zero-order chi connectivity index (χ0) is 11.3.